The quantitative estimate of drug-likeness (QED) is 0.182. The maximum Gasteiger partial charge on any atom is 0.309 e. The van der Waals surface area contributed by atoms with Crippen molar-refractivity contribution in [3.8, 4) is 6.07 Å². The summed E-state index contributed by atoms with van der Waals surface area (Å²) in [4.78, 5) is 43.0. The van der Waals surface area contributed by atoms with E-state index >= 15 is 0 Å². The molecule has 0 atom stereocenters. The average Bonchev–Trinajstić information content (AvgIpc) is 3.15. The van der Waals surface area contributed by atoms with Crippen LogP contribution in [0.2, 0.25) is 0 Å². The number of thiocarbonyl (C=S) groups is 1. The molecule has 37 heavy (non-hydrogen) atoms. The van der Waals surface area contributed by atoms with Gasteiger partial charge in [0, 0.05) is 31.7 Å². The van der Waals surface area contributed by atoms with Gasteiger partial charge >= 0.3 is 5.97 Å². The Morgan fingerprint density at radius 1 is 1.19 bits per heavy atom. The van der Waals surface area contributed by atoms with Gasteiger partial charge in [-0.15, -0.1) is 0 Å². The number of anilines is 1. The minimum atomic E-state index is -0.342. The lowest BCUT2D eigenvalue weighted by Crippen LogP contribution is -2.41. The predicted octanol–water partition coefficient (Wildman–Crippen LogP) is 4.61. The lowest BCUT2D eigenvalue weighted by molar-refractivity contribution is -0.148. The Morgan fingerprint density at radius 3 is 2.49 bits per heavy atom. The number of pyridine rings is 1. The minimum absolute atomic E-state index is 0.0771. The third kappa shape index (κ3) is 6.27. The van der Waals surface area contributed by atoms with Crippen LogP contribution in [0, 0.1) is 24.2 Å². The highest BCUT2D eigenvalue weighted by atomic mass is 32.2. The highest BCUT2D eigenvalue weighted by Gasteiger charge is 2.34. The van der Waals surface area contributed by atoms with Gasteiger partial charge < -0.3 is 9.64 Å². The molecule has 10 heteroatoms. The van der Waals surface area contributed by atoms with Gasteiger partial charge in [0.15, 0.2) is 0 Å². The maximum absolute atomic E-state index is 13.3. The molecule has 3 rings (SSSR count). The van der Waals surface area contributed by atoms with E-state index in [9.17, 15) is 19.6 Å². The van der Waals surface area contributed by atoms with Gasteiger partial charge in [0.2, 0.25) is 0 Å². The Bertz CT molecular complexity index is 1180. The molecule has 200 valence electrons. The summed E-state index contributed by atoms with van der Waals surface area (Å²) >= 11 is 6.79. The van der Waals surface area contributed by atoms with Crippen molar-refractivity contribution in [2.75, 3.05) is 31.1 Å². The summed E-state index contributed by atoms with van der Waals surface area (Å²) in [6.07, 6.45) is 7.18. The molecule has 0 saturated carbocycles. The number of rotatable bonds is 10. The lowest BCUT2D eigenvalue weighted by atomic mass is 9.95. The zero-order valence-corrected chi connectivity index (χ0v) is 23.8. The van der Waals surface area contributed by atoms with Crippen molar-refractivity contribution in [3.05, 3.63) is 31.9 Å². The summed E-state index contributed by atoms with van der Waals surface area (Å²) in [6.45, 7) is 10.0. The van der Waals surface area contributed by atoms with Crippen LogP contribution in [0.15, 0.2) is 9.70 Å². The van der Waals surface area contributed by atoms with Gasteiger partial charge in [-0.2, -0.15) is 5.26 Å². The predicted molar refractivity (Wildman–Crippen MR) is 151 cm³/mol. The molecule has 1 aromatic rings. The zero-order valence-electron chi connectivity index (χ0n) is 22.2. The number of aromatic nitrogens is 1. The van der Waals surface area contributed by atoms with Crippen molar-refractivity contribution in [3.63, 3.8) is 0 Å². The van der Waals surface area contributed by atoms with Crippen LogP contribution >= 0.6 is 24.0 Å². The van der Waals surface area contributed by atoms with Crippen molar-refractivity contribution in [1.29, 1.82) is 5.26 Å². The van der Waals surface area contributed by atoms with Crippen LogP contribution in [0.25, 0.3) is 6.08 Å². The molecule has 3 heterocycles. The smallest absolute Gasteiger partial charge is 0.309 e. The number of unbranched alkanes of at least 4 members (excludes halogenated alkanes) is 3. The number of carbonyl (C=O) groups excluding carboxylic acids is 2. The van der Waals surface area contributed by atoms with E-state index in [4.69, 9.17) is 17.0 Å². The summed E-state index contributed by atoms with van der Waals surface area (Å²) in [6, 6.07) is 2.07. The second-order valence-corrected chi connectivity index (χ2v) is 11.0. The average molecular weight is 545 g/mol. The summed E-state index contributed by atoms with van der Waals surface area (Å²) < 4.78 is 7.34. The molecule has 1 aromatic heterocycles. The van der Waals surface area contributed by atoms with Gasteiger partial charge in [-0.25, -0.2) is 0 Å². The number of amides is 1. The number of nitriles is 1. The highest BCUT2D eigenvalue weighted by Crippen LogP contribution is 2.37. The van der Waals surface area contributed by atoms with Crippen molar-refractivity contribution in [2.45, 2.75) is 72.8 Å². The molecular formula is C27H36N4O4S2. The first-order valence-corrected chi connectivity index (χ1v) is 14.4. The number of hydrogen-bond donors (Lipinski definition) is 0. The lowest BCUT2D eigenvalue weighted by Gasteiger charge is -2.35. The van der Waals surface area contributed by atoms with E-state index < -0.39 is 0 Å². The van der Waals surface area contributed by atoms with Gasteiger partial charge in [-0.3, -0.25) is 23.9 Å². The van der Waals surface area contributed by atoms with Crippen LogP contribution in [-0.2, 0) is 20.9 Å². The fraction of sp³-hybridized carbons (Fsp3) is 0.593. The maximum atomic E-state index is 13.3. The molecular weight excluding hydrogens is 508 g/mol. The fourth-order valence-corrected chi connectivity index (χ4v) is 6.18. The van der Waals surface area contributed by atoms with E-state index in [-0.39, 0.29) is 28.9 Å². The first-order chi connectivity index (χ1) is 17.8. The summed E-state index contributed by atoms with van der Waals surface area (Å²) in [5.74, 6) is 0.184. The number of ether oxygens (including phenoxy) is 1. The molecule has 2 fully saturated rings. The van der Waals surface area contributed by atoms with Gasteiger partial charge in [0.25, 0.3) is 11.5 Å². The highest BCUT2D eigenvalue weighted by molar-refractivity contribution is 8.26. The van der Waals surface area contributed by atoms with E-state index in [1.165, 1.54) is 11.8 Å². The van der Waals surface area contributed by atoms with Crippen LogP contribution in [0.3, 0.4) is 0 Å². The van der Waals surface area contributed by atoms with Crippen molar-refractivity contribution in [2.24, 2.45) is 5.92 Å². The van der Waals surface area contributed by atoms with Gasteiger partial charge in [0.05, 0.1) is 17.4 Å². The normalized spacial score (nSPS) is 17.5. The van der Waals surface area contributed by atoms with Crippen molar-refractivity contribution < 1.29 is 14.3 Å². The third-order valence-corrected chi connectivity index (χ3v) is 8.34. The molecule has 0 aromatic carbocycles. The van der Waals surface area contributed by atoms with Crippen molar-refractivity contribution >= 4 is 52.1 Å². The Kier molecular flexibility index (Phi) is 10.4. The number of piperidine rings is 1. The van der Waals surface area contributed by atoms with E-state index in [0.717, 1.165) is 25.7 Å². The largest absolute Gasteiger partial charge is 0.466 e. The Balaban J connectivity index is 2.00. The molecule has 0 radical (unpaired) electrons. The van der Waals surface area contributed by atoms with Crippen LogP contribution in [0.5, 0.6) is 0 Å². The van der Waals surface area contributed by atoms with E-state index in [1.54, 1.807) is 29.4 Å². The van der Waals surface area contributed by atoms with Crippen LogP contribution in [0.4, 0.5) is 5.82 Å². The Hall–Kier alpha value is -2.64. The zero-order chi connectivity index (χ0) is 27.1. The number of esters is 1. The molecule has 0 unspecified atom stereocenters. The second kappa shape index (κ2) is 13.2. The van der Waals surface area contributed by atoms with E-state index in [1.807, 2.05) is 6.92 Å². The molecule has 2 aliphatic rings. The topological polar surface area (TPSA) is 95.6 Å². The number of nitrogens with zero attached hydrogens (tertiary/aromatic N) is 4. The Labute approximate surface area is 228 Å². The first kappa shape index (κ1) is 28.9. The van der Waals surface area contributed by atoms with E-state index in [0.29, 0.717) is 71.8 Å². The number of carbonyl (C=O) groups is 2. The molecule has 8 nitrogen and oxygen atoms in total. The molecule has 0 spiro atoms. The summed E-state index contributed by atoms with van der Waals surface area (Å²) in [5, 5.41) is 9.78. The molecule has 0 aliphatic carbocycles. The molecule has 0 bridgehead atoms. The van der Waals surface area contributed by atoms with Gasteiger partial charge in [0.1, 0.15) is 21.8 Å². The molecule has 1 amide bonds. The van der Waals surface area contributed by atoms with Crippen LogP contribution < -0.4 is 10.5 Å². The van der Waals surface area contributed by atoms with Crippen molar-refractivity contribution in [1.82, 2.24) is 9.47 Å². The summed E-state index contributed by atoms with van der Waals surface area (Å²) in [5.41, 5.74) is 0.964. The monoisotopic (exact) mass is 544 g/mol. The summed E-state index contributed by atoms with van der Waals surface area (Å²) in [7, 11) is 0. The van der Waals surface area contributed by atoms with Crippen LogP contribution in [-0.4, -0.2) is 51.9 Å². The third-order valence-electron chi connectivity index (χ3n) is 6.96. The van der Waals surface area contributed by atoms with Gasteiger partial charge in [-0.05, 0) is 51.7 Å². The fourth-order valence-electron chi connectivity index (χ4n) is 4.89. The van der Waals surface area contributed by atoms with Gasteiger partial charge in [-0.1, -0.05) is 50.2 Å². The Morgan fingerprint density at radius 2 is 1.89 bits per heavy atom. The molecule has 2 saturated heterocycles. The number of thioether (sulfide) groups is 1. The van der Waals surface area contributed by atoms with E-state index in [2.05, 4.69) is 17.9 Å². The number of hydrogen-bond acceptors (Lipinski definition) is 8. The van der Waals surface area contributed by atoms with Crippen LogP contribution in [0.1, 0.15) is 76.0 Å². The minimum Gasteiger partial charge on any atom is -0.466 e. The SMILES string of the molecule is CCCCCCN1C(=O)/C(=C\c2c(C)c(C#N)c(=O)n(CC)c2N2CCC(C(=O)OCC)CC2)SC1=S. The molecule has 2 aliphatic heterocycles. The standard InChI is InChI=1S/C27H36N4O4S2/c1-5-8-9-10-13-31-25(33)22(37-27(31)36)16-20-18(4)21(17-28)24(32)30(6-2)23(20)29-14-11-19(12-15-29)26(34)35-7-3/h16,19H,5-15H2,1-4H3/b22-16+. The second-order valence-electron chi connectivity index (χ2n) is 9.31. The molecule has 0 N–H and O–H groups in total. The first-order valence-electron chi connectivity index (χ1n) is 13.1.